The van der Waals surface area contributed by atoms with E-state index in [4.69, 9.17) is 0 Å². The number of rotatable bonds is 7. The smallest absolute Gasteiger partial charge is 0.237 e. The summed E-state index contributed by atoms with van der Waals surface area (Å²) in [6.45, 7) is 3.30. The molecule has 0 aliphatic heterocycles. The first-order valence-corrected chi connectivity index (χ1v) is 9.95. The van der Waals surface area contributed by atoms with E-state index in [1.807, 2.05) is 30.3 Å². The number of thioether (sulfide) groups is 1. The normalized spacial score (nSPS) is 11.6. The molecule has 2 aromatic carbocycles. The van der Waals surface area contributed by atoms with Crippen molar-refractivity contribution in [3.63, 3.8) is 0 Å². The number of carbonyl (C=O) groups excluding carboxylic acids is 2. The SMILES string of the molecule is CC(=O)c1cccc(NC(=O)[C@H](C)Sc2nnc(Nc3ccccc3)s2)c1. The summed E-state index contributed by atoms with van der Waals surface area (Å²) in [5.74, 6) is -0.200. The average molecular weight is 399 g/mol. The summed E-state index contributed by atoms with van der Waals surface area (Å²) in [5, 5.41) is 14.6. The molecule has 0 saturated carbocycles. The lowest BCUT2D eigenvalue weighted by atomic mass is 10.1. The Morgan fingerprint density at radius 1 is 1.04 bits per heavy atom. The molecular formula is C19H18N4O2S2. The molecule has 0 fully saturated rings. The highest BCUT2D eigenvalue weighted by Gasteiger charge is 2.17. The van der Waals surface area contributed by atoms with Crippen molar-refractivity contribution < 1.29 is 9.59 Å². The van der Waals surface area contributed by atoms with Crippen LogP contribution in [0.1, 0.15) is 24.2 Å². The quantitative estimate of drug-likeness (QED) is 0.447. The minimum atomic E-state index is -0.358. The van der Waals surface area contributed by atoms with Gasteiger partial charge in [-0.2, -0.15) is 0 Å². The predicted octanol–water partition coefficient (Wildman–Crippen LogP) is 4.60. The molecule has 0 aliphatic carbocycles. The number of aromatic nitrogens is 2. The molecule has 138 valence electrons. The molecule has 27 heavy (non-hydrogen) atoms. The van der Waals surface area contributed by atoms with Crippen molar-refractivity contribution >= 4 is 51.3 Å². The van der Waals surface area contributed by atoms with Gasteiger partial charge in [-0.25, -0.2) is 0 Å². The van der Waals surface area contributed by atoms with Crippen molar-refractivity contribution in [3.05, 3.63) is 60.2 Å². The van der Waals surface area contributed by atoms with E-state index in [1.165, 1.54) is 30.0 Å². The number of anilines is 3. The average Bonchev–Trinajstić information content (AvgIpc) is 3.09. The van der Waals surface area contributed by atoms with Gasteiger partial charge in [0.2, 0.25) is 11.0 Å². The Labute approximate surface area is 165 Å². The molecule has 3 aromatic rings. The van der Waals surface area contributed by atoms with Crippen LogP contribution in [0.3, 0.4) is 0 Å². The van der Waals surface area contributed by atoms with E-state index in [-0.39, 0.29) is 16.9 Å². The molecule has 8 heteroatoms. The van der Waals surface area contributed by atoms with E-state index in [9.17, 15) is 9.59 Å². The standard InChI is InChI=1S/C19H18N4O2S2/c1-12(24)14-7-6-10-16(11-14)20-17(25)13(2)26-19-23-22-18(27-19)21-15-8-4-3-5-9-15/h3-11,13H,1-2H3,(H,20,25)(H,21,22)/t13-/m0/s1. The number of para-hydroxylation sites is 1. The maximum Gasteiger partial charge on any atom is 0.237 e. The number of nitrogens with one attached hydrogen (secondary N) is 2. The highest BCUT2D eigenvalue weighted by molar-refractivity contribution is 8.02. The molecule has 2 N–H and O–H groups in total. The lowest BCUT2D eigenvalue weighted by molar-refractivity contribution is -0.115. The van der Waals surface area contributed by atoms with Crippen LogP contribution in [-0.4, -0.2) is 27.1 Å². The van der Waals surface area contributed by atoms with Crippen LogP contribution in [0.2, 0.25) is 0 Å². The lowest BCUT2D eigenvalue weighted by Crippen LogP contribution is -2.22. The maximum absolute atomic E-state index is 12.4. The van der Waals surface area contributed by atoms with Crippen molar-refractivity contribution in [1.82, 2.24) is 10.2 Å². The fourth-order valence-electron chi connectivity index (χ4n) is 2.22. The molecular weight excluding hydrogens is 380 g/mol. The number of Topliss-reactive ketones (excluding diaryl/α,β-unsaturated/α-hetero) is 1. The number of hydrogen-bond acceptors (Lipinski definition) is 7. The van der Waals surface area contributed by atoms with E-state index in [0.717, 1.165) is 5.69 Å². The van der Waals surface area contributed by atoms with Crippen molar-refractivity contribution in [2.75, 3.05) is 10.6 Å². The van der Waals surface area contributed by atoms with Crippen molar-refractivity contribution in [2.45, 2.75) is 23.4 Å². The van der Waals surface area contributed by atoms with Gasteiger partial charge < -0.3 is 10.6 Å². The summed E-state index contributed by atoms with van der Waals surface area (Å²) in [6, 6.07) is 16.6. The Morgan fingerprint density at radius 3 is 2.52 bits per heavy atom. The number of hydrogen-bond donors (Lipinski definition) is 2. The van der Waals surface area contributed by atoms with Gasteiger partial charge in [-0.1, -0.05) is 53.4 Å². The van der Waals surface area contributed by atoms with Crippen LogP contribution in [0.25, 0.3) is 0 Å². The van der Waals surface area contributed by atoms with Gasteiger partial charge >= 0.3 is 0 Å². The molecule has 1 heterocycles. The predicted molar refractivity (Wildman–Crippen MR) is 110 cm³/mol. The van der Waals surface area contributed by atoms with E-state index in [0.29, 0.717) is 20.7 Å². The molecule has 6 nitrogen and oxygen atoms in total. The number of nitrogens with zero attached hydrogens (tertiary/aromatic N) is 2. The third-order valence-electron chi connectivity index (χ3n) is 3.61. The zero-order valence-corrected chi connectivity index (χ0v) is 16.4. The molecule has 0 saturated heterocycles. The Balaban J connectivity index is 1.58. The number of ketones is 1. The highest BCUT2D eigenvalue weighted by Crippen LogP contribution is 2.30. The second-order valence-electron chi connectivity index (χ2n) is 5.75. The minimum Gasteiger partial charge on any atom is -0.330 e. The fourth-order valence-corrected chi connectivity index (χ4v) is 4.13. The van der Waals surface area contributed by atoms with Crippen molar-refractivity contribution in [1.29, 1.82) is 0 Å². The Hall–Kier alpha value is -2.71. The summed E-state index contributed by atoms with van der Waals surface area (Å²) in [6.07, 6.45) is 0. The lowest BCUT2D eigenvalue weighted by Gasteiger charge is -2.10. The summed E-state index contributed by atoms with van der Waals surface area (Å²) < 4.78 is 0.702. The van der Waals surface area contributed by atoms with Crippen molar-refractivity contribution in [2.24, 2.45) is 0 Å². The van der Waals surface area contributed by atoms with Crippen LogP contribution in [-0.2, 0) is 4.79 Å². The highest BCUT2D eigenvalue weighted by atomic mass is 32.2. The monoisotopic (exact) mass is 398 g/mol. The van der Waals surface area contributed by atoms with Gasteiger partial charge in [-0.05, 0) is 38.1 Å². The van der Waals surface area contributed by atoms with Gasteiger partial charge in [0, 0.05) is 16.9 Å². The molecule has 0 radical (unpaired) electrons. The molecule has 3 rings (SSSR count). The first kappa shape index (κ1) is 19.1. The van der Waals surface area contributed by atoms with Gasteiger partial charge in [0.1, 0.15) is 0 Å². The molecule has 1 atom stereocenters. The Kier molecular flexibility index (Phi) is 6.20. The molecule has 0 unspecified atom stereocenters. The van der Waals surface area contributed by atoms with Gasteiger partial charge in [0.25, 0.3) is 0 Å². The Bertz CT molecular complexity index is 944. The summed E-state index contributed by atoms with van der Waals surface area (Å²) in [5.41, 5.74) is 2.10. The second-order valence-corrected chi connectivity index (χ2v) is 8.32. The molecule has 0 spiro atoms. The van der Waals surface area contributed by atoms with E-state index in [1.54, 1.807) is 31.2 Å². The van der Waals surface area contributed by atoms with Crippen LogP contribution in [0, 0.1) is 0 Å². The van der Waals surface area contributed by atoms with Crippen LogP contribution < -0.4 is 10.6 Å². The van der Waals surface area contributed by atoms with Crippen LogP contribution in [0.15, 0.2) is 58.9 Å². The number of amides is 1. The summed E-state index contributed by atoms with van der Waals surface area (Å²) in [4.78, 5) is 23.9. The van der Waals surface area contributed by atoms with Gasteiger partial charge in [0.15, 0.2) is 10.1 Å². The van der Waals surface area contributed by atoms with Crippen LogP contribution in [0.5, 0.6) is 0 Å². The summed E-state index contributed by atoms with van der Waals surface area (Å²) in [7, 11) is 0. The maximum atomic E-state index is 12.4. The van der Waals surface area contributed by atoms with Crippen LogP contribution in [0.4, 0.5) is 16.5 Å². The third kappa shape index (κ3) is 5.38. The largest absolute Gasteiger partial charge is 0.330 e. The van der Waals surface area contributed by atoms with E-state index < -0.39 is 0 Å². The second kappa shape index (κ2) is 8.79. The van der Waals surface area contributed by atoms with Crippen molar-refractivity contribution in [3.8, 4) is 0 Å². The first-order chi connectivity index (χ1) is 13.0. The van der Waals surface area contributed by atoms with Gasteiger partial charge in [-0.15, -0.1) is 10.2 Å². The van der Waals surface area contributed by atoms with Gasteiger partial charge in [-0.3, -0.25) is 9.59 Å². The third-order valence-corrected chi connectivity index (χ3v) is 5.64. The van der Waals surface area contributed by atoms with Crippen LogP contribution >= 0.6 is 23.1 Å². The number of carbonyl (C=O) groups is 2. The minimum absolute atomic E-state index is 0.0409. The fraction of sp³-hybridized carbons (Fsp3) is 0.158. The van der Waals surface area contributed by atoms with E-state index in [2.05, 4.69) is 20.8 Å². The summed E-state index contributed by atoms with van der Waals surface area (Å²) >= 11 is 2.73. The molecule has 0 bridgehead atoms. The molecule has 1 aromatic heterocycles. The topological polar surface area (TPSA) is 84.0 Å². The molecule has 0 aliphatic rings. The zero-order chi connectivity index (χ0) is 19.2. The molecule has 1 amide bonds. The first-order valence-electron chi connectivity index (χ1n) is 8.25. The zero-order valence-electron chi connectivity index (χ0n) is 14.8. The Morgan fingerprint density at radius 2 is 1.78 bits per heavy atom. The van der Waals surface area contributed by atoms with E-state index >= 15 is 0 Å². The van der Waals surface area contributed by atoms with Gasteiger partial charge in [0.05, 0.1) is 5.25 Å². The number of benzene rings is 2.